The third-order valence-corrected chi connectivity index (χ3v) is 3.65. The van der Waals surface area contributed by atoms with Crippen LogP contribution >= 0.6 is 0 Å². The summed E-state index contributed by atoms with van der Waals surface area (Å²) < 4.78 is 5.68. The van der Waals surface area contributed by atoms with Gasteiger partial charge in [0, 0.05) is 17.3 Å². The molecule has 2 aromatic rings. The average molecular weight is 381 g/mol. The van der Waals surface area contributed by atoms with Crippen LogP contribution in [0.1, 0.15) is 31.1 Å². The van der Waals surface area contributed by atoms with Crippen molar-refractivity contribution in [2.45, 2.75) is 26.8 Å². The Labute approximate surface area is 166 Å². The summed E-state index contributed by atoms with van der Waals surface area (Å²) in [6.45, 7) is 10.0. The number of carbonyl (C=O) groups excluding carboxylic acids is 2. The molecule has 6 heteroatoms. The highest BCUT2D eigenvalue weighted by Crippen LogP contribution is 2.24. The molecule has 6 nitrogen and oxygen atoms in total. The summed E-state index contributed by atoms with van der Waals surface area (Å²) >= 11 is 0. The Hall–Kier alpha value is -3.28. The van der Waals surface area contributed by atoms with E-state index in [1.807, 2.05) is 45.0 Å². The van der Waals surface area contributed by atoms with E-state index in [-0.39, 0.29) is 24.4 Å². The van der Waals surface area contributed by atoms with Gasteiger partial charge in [0.15, 0.2) is 0 Å². The van der Waals surface area contributed by atoms with E-state index in [9.17, 15) is 9.59 Å². The lowest BCUT2D eigenvalue weighted by Gasteiger charge is -2.13. The Morgan fingerprint density at radius 1 is 1.07 bits per heavy atom. The van der Waals surface area contributed by atoms with Gasteiger partial charge in [-0.3, -0.25) is 9.59 Å². The van der Waals surface area contributed by atoms with E-state index >= 15 is 0 Å². The quantitative estimate of drug-likeness (QED) is 0.577. The smallest absolute Gasteiger partial charge is 0.251 e. The first-order valence-corrected chi connectivity index (χ1v) is 9.16. The van der Waals surface area contributed by atoms with Crippen molar-refractivity contribution in [3.05, 3.63) is 66.2 Å². The number of ether oxygens (including phenoxy) is 1. The molecule has 0 fully saturated rings. The second kappa shape index (κ2) is 10.2. The molecule has 0 radical (unpaired) electrons. The largest absolute Gasteiger partial charge is 0.487 e. The summed E-state index contributed by atoms with van der Waals surface area (Å²) in [6, 6.07) is 14.3. The Balaban J connectivity index is 1.89. The first kappa shape index (κ1) is 21.0. The van der Waals surface area contributed by atoms with Crippen LogP contribution in [0.15, 0.2) is 60.7 Å². The first-order valence-electron chi connectivity index (χ1n) is 9.16. The number of nitrogens with one attached hydrogen (secondary N) is 3. The molecular weight excluding hydrogens is 354 g/mol. The van der Waals surface area contributed by atoms with Crippen molar-refractivity contribution in [2.24, 2.45) is 0 Å². The molecule has 0 atom stereocenters. The zero-order valence-electron chi connectivity index (χ0n) is 16.5. The van der Waals surface area contributed by atoms with Crippen LogP contribution in [0.3, 0.4) is 0 Å². The van der Waals surface area contributed by atoms with Gasteiger partial charge in [-0.1, -0.05) is 18.7 Å². The topological polar surface area (TPSA) is 79.5 Å². The standard InChI is InChI=1S/C22H27N3O3/c1-15(2)14-28-20-8-6-5-7-19(20)23-13-21(26)25-18-11-9-17(10-12-18)22(27)24-16(3)4/h5-12,16,23H,1,13-14H2,2-4H3,(H,24,27)(H,25,26). The maximum atomic E-state index is 12.2. The van der Waals surface area contributed by atoms with Gasteiger partial charge in [0.25, 0.3) is 5.91 Å². The summed E-state index contributed by atoms with van der Waals surface area (Å²) in [5.41, 5.74) is 2.82. The Bertz CT molecular complexity index is 829. The van der Waals surface area contributed by atoms with Gasteiger partial charge in [0.2, 0.25) is 5.91 Å². The van der Waals surface area contributed by atoms with Crippen LogP contribution in [0.5, 0.6) is 5.75 Å². The number of carbonyl (C=O) groups is 2. The van der Waals surface area contributed by atoms with Gasteiger partial charge in [-0.05, 0) is 62.7 Å². The lowest BCUT2D eigenvalue weighted by atomic mass is 10.2. The monoisotopic (exact) mass is 381 g/mol. The van der Waals surface area contributed by atoms with E-state index < -0.39 is 0 Å². The number of hydrogen-bond donors (Lipinski definition) is 3. The van der Waals surface area contributed by atoms with Crippen molar-refractivity contribution >= 4 is 23.2 Å². The second-order valence-corrected chi connectivity index (χ2v) is 6.85. The molecule has 2 amide bonds. The molecule has 148 valence electrons. The van der Waals surface area contributed by atoms with Gasteiger partial charge in [0.05, 0.1) is 12.2 Å². The fourth-order valence-electron chi connectivity index (χ4n) is 2.37. The number of benzene rings is 2. The molecular formula is C22H27N3O3. The summed E-state index contributed by atoms with van der Waals surface area (Å²) in [6.07, 6.45) is 0. The van der Waals surface area contributed by atoms with Crippen LogP contribution in [0, 0.1) is 0 Å². The summed E-state index contributed by atoms with van der Waals surface area (Å²) in [4.78, 5) is 24.2. The zero-order valence-corrected chi connectivity index (χ0v) is 16.5. The number of hydrogen-bond acceptors (Lipinski definition) is 4. The Morgan fingerprint density at radius 3 is 2.39 bits per heavy atom. The minimum Gasteiger partial charge on any atom is -0.487 e. The van der Waals surface area contributed by atoms with E-state index in [1.54, 1.807) is 24.3 Å². The lowest BCUT2D eigenvalue weighted by molar-refractivity contribution is -0.114. The van der Waals surface area contributed by atoms with Crippen LogP contribution in [0.2, 0.25) is 0 Å². The van der Waals surface area contributed by atoms with E-state index in [1.165, 1.54) is 0 Å². The Kier molecular flexibility index (Phi) is 7.63. The molecule has 0 saturated carbocycles. The number of para-hydroxylation sites is 2. The van der Waals surface area contributed by atoms with E-state index in [2.05, 4.69) is 22.5 Å². The minimum atomic E-state index is -0.200. The van der Waals surface area contributed by atoms with E-state index in [0.717, 1.165) is 11.3 Å². The van der Waals surface area contributed by atoms with Gasteiger partial charge in [-0.15, -0.1) is 0 Å². The summed E-state index contributed by atoms with van der Waals surface area (Å²) in [5.74, 6) is 0.328. The third-order valence-electron chi connectivity index (χ3n) is 3.65. The number of anilines is 2. The molecule has 0 bridgehead atoms. The van der Waals surface area contributed by atoms with Crippen molar-refractivity contribution in [3.63, 3.8) is 0 Å². The van der Waals surface area contributed by atoms with Crippen molar-refractivity contribution < 1.29 is 14.3 Å². The van der Waals surface area contributed by atoms with Crippen LogP contribution in [-0.4, -0.2) is 31.0 Å². The van der Waals surface area contributed by atoms with Crippen molar-refractivity contribution in [2.75, 3.05) is 23.8 Å². The minimum absolute atomic E-state index is 0.0696. The molecule has 0 aliphatic rings. The zero-order chi connectivity index (χ0) is 20.5. The van der Waals surface area contributed by atoms with Crippen LogP contribution in [-0.2, 0) is 4.79 Å². The molecule has 0 heterocycles. The molecule has 0 aliphatic heterocycles. The highest BCUT2D eigenvalue weighted by Gasteiger charge is 2.09. The summed E-state index contributed by atoms with van der Waals surface area (Å²) in [5, 5.41) is 8.70. The average Bonchev–Trinajstić information content (AvgIpc) is 2.65. The number of amides is 2. The highest BCUT2D eigenvalue weighted by atomic mass is 16.5. The van der Waals surface area contributed by atoms with Gasteiger partial charge >= 0.3 is 0 Å². The molecule has 3 N–H and O–H groups in total. The van der Waals surface area contributed by atoms with E-state index in [0.29, 0.717) is 23.6 Å². The molecule has 0 saturated heterocycles. The van der Waals surface area contributed by atoms with Crippen LogP contribution < -0.4 is 20.7 Å². The normalized spacial score (nSPS) is 10.3. The first-order chi connectivity index (χ1) is 13.3. The molecule has 0 unspecified atom stereocenters. The predicted octanol–water partition coefficient (Wildman–Crippen LogP) is 3.83. The van der Waals surface area contributed by atoms with Gasteiger partial charge in [0.1, 0.15) is 12.4 Å². The Morgan fingerprint density at radius 2 is 1.75 bits per heavy atom. The van der Waals surface area contributed by atoms with Crippen molar-refractivity contribution in [1.29, 1.82) is 0 Å². The van der Waals surface area contributed by atoms with Gasteiger partial charge in [-0.25, -0.2) is 0 Å². The third kappa shape index (κ3) is 6.79. The van der Waals surface area contributed by atoms with Crippen LogP contribution in [0.25, 0.3) is 0 Å². The molecule has 2 aromatic carbocycles. The molecule has 2 rings (SSSR count). The molecule has 0 aromatic heterocycles. The summed E-state index contributed by atoms with van der Waals surface area (Å²) in [7, 11) is 0. The fourth-order valence-corrected chi connectivity index (χ4v) is 2.37. The van der Waals surface area contributed by atoms with Gasteiger partial charge in [-0.2, -0.15) is 0 Å². The molecule has 0 spiro atoms. The van der Waals surface area contributed by atoms with E-state index in [4.69, 9.17) is 4.74 Å². The molecule has 0 aliphatic carbocycles. The maximum Gasteiger partial charge on any atom is 0.251 e. The van der Waals surface area contributed by atoms with Crippen molar-refractivity contribution in [3.8, 4) is 5.75 Å². The lowest BCUT2D eigenvalue weighted by Crippen LogP contribution is -2.30. The SMILES string of the molecule is C=C(C)COc1ccccc1NCC(=O)Nc1ccc(C(=O)NC(C)C)cc1. The number of rotatable bonds is 9. The maximum absolute atomic E-state index is 12.2. The van der Waals surface area contributed by atoms with Crippen LogP contribution in [0.4, 0.5) is 11.4 Å². The van der Waals surface area contributed by atoms with Gasteiger partial charge < -0.3 is 20.7 Å². The van der Waals surface area contributed by atoms with Crippen molar-refractivity contribution in [1.82, 2.24) is 5.32 Å². The predicted molar refractivity (Wildman–Crippen MR) is 113 cm³/mol. The second-order valence-electron chi connectivity index (χ2n) is 6.85. The highest BCUT2D eigenvalue weighted by molar-refractivity contribution is 5.96. The fraction of sp³-hybridized carbons (Fsp3) is 0.273. The molecule has 28 heavy (non-hydrogen) atoms.